The Morgan fingerprint density at radius 2 is 2.06 bits per heavy atom. The molecule has 1 rings (SSSR count). The fraction of sp³-hybridized carbons (Fsp3) is 0.462. The molecule has 0 fully saturated rings. The third kappa shape index (κ3) is 5.46. The Labute approximate surface area is 112 Å². The van der Waals surface area contributed by atoms with Gasteiger partial charge in [0.15, 0.2) is 0 Å². The molecule has 1 N–H and O–H groups in total. The van der Waals surface area contributed by atoms with Crippen LogP contribution in [0, 0.1) is 0 Å². The van der Waals surface area contributed by atoms with Gasteiger partial charge in [-0.25, -0.2) is 0 Å². The van der Waals surface area contributed by atoms with E-state index in [1.54, 1.807) is 11.8 Å². The summed E-state index contributed by atoms with van der Waals surface area (Å²) in [6.45, 7) is 2.00. The van der Waals surface area contributed by atoms with Crippen molar-refractivity contribution in [1.82, 2.24) is 5.32 Å². The number of halogens is 1. The molecule has 17 heavy (non-hydrogen) atoms. The topological polar surface area (TPSA) is 29.1 Å². The lowest BCUT2D eigenvalue weighted by Gasteiger charge is -2.12. The summed E-state index contributed by atoms with van der Waals surface area (Å²) in [5.74, 6) is -0.0656. The Morgan fingerprint density at radius 1 is 1.41 bits per heavy atom. The highest BCUT2D eigenvalue weighted by Crippen LogP contribution is 2.15. The second-order valence-corrected chi connectivity index (χ2v) is 5.14. The molecule has 0 bridgehead atoms. The van der Waals surface area contributed by atoms with E-state index in [4.69, 9.17) is 11.6 Å². The molecular formula is C13H18ClNOS. The Bertz CT molecular complexity index is 353. The van der Waals surface area contributed by atoms with Gasteiger partial charge in [0.2, 0.25) is 5.91 Å². The summed E-state index contributed by atoms with van der Waals surface area (Å²) in [5.41, 5.74) is 1.30. The van der Waals surface area contributed by atoms with Gasteiger partial charge in [0.25, 0.3) is 0 Å². The van der Waals surface area contributed by atoms with Crippen molar-refractivity contribution in [3.8, 4) is 0 Å². The SMILES string of the molecule is CSc1ccc(CCC(C)NC(=O)CCl)cc1. The fourth-order valence-electron chi connectivity index (χ4n) is 1.56. The number of thioether (sulfide) groups is 1. The maximum Gasteiger partial charge on any atom is 0.235 e. The number of nitrogens with one attached hydrogen (secondary N) is 1. The minimum absolute atomic E-state index is 0.0345. The molecule has 0 saturated carbocycles. The van der Waals surface area contributed by atoms with Gasteiger partial charge in [0.1, 0.15) is 5.88 Å². The average molecular weight is 272 g/mol. The van der Waals surface area contributed by atoms with Crippen LogP contribution < -0.4 is 5.32 Å². The van der Waals surface area contributed by atoms with Crippen molar-refractivity contribution in [3.05, 3.63) is 29.8 Å². The molecule has 0 aliphatic carbocycles. The highest BCUT2D eigenvalue weighted by atomic mass is 35.5. The van der Waals surface area contributed by atoms with Crippen molar-refractivity contribution in [3.63, 3.8) is 0 Å². The van der Waals surface area contributed by atoms with E-state index in [9.17, 15) is 4.79 Å². The first-order chi connectivity index (χ1) is 8.15. The number of hydrogen-bond donors (Lipinski definition) is 1. The average Bonchev–Trinajstić information content (AvgIpc) is 2.36. The van der Waals surface area contributed by atoms with Crippen LogP contribution >= 0.6 is 23.4 Å². The van der Waals surface area contributed by atoms with Crippen molar-refractivity contribution in [2.24, 2.45) is 0 Å². The Hall–Kier alpha value is -0.670. The van der Waals surface area contributed by atoms with Crippen LogP contribution in [0.4, 0.5) is 0 Å². The van der Waals surface area contributed by atoms with Crippen molar-refractivity contribution in [2.45, 2.75) is 30.7 Å². The molecule has 1 atom stereocenters. The first kappa shape index (κ1) is 14.4. The minimum atomic E-state index is -0.100. The van der Waals surface area contributed by atoms with Crippen LogP contribution in [-0.4, -0.2) is 24.1 Å². The largest absolute Gasteiger partial charge is 0.353 e. The van der Waals surface area contributed by atoms with Crippen LogP contribution in [0.25, 0.3) is 0 Å². The minimum Gasteiger partial charge on any atom is -0.353 e. The molecule has 0 aliphatic rings. The van der Waals surface area contributed by atoms with E-state index in [1.807, 2.05) is 6.92 Å². The first-order valence-corrected chi connectivity index (χ1v) is 7.40. The summed E-state index contributed by atoms with van der Waals surface area (Å²) in [6, 6.07) is 8.70. The van der Waals surface area contributed by atoms with E-state index >= 15 is 0 Å². The van der Waals surface area contributed by atoms with Crippen molar-refractivity contribution >= 4 is 29.3 Å². The number of carbonyl (C=O) groups is 1. The molecule has 0 spiro atoms. The van der Waals surface area contributed by atoms with Gasteiger partial charge < -0.3 is 5.32 Å². The van der Waals surface area contributed by atoms with E-state index in [0.717, 1.165) is 12.8 Å². The predicted octanol–water partition coefficient (Wildman–Crippen LogP) is 3.08. The van der Waals surface area contributed by atoms with E-state index < -0.39 is 0 Å². The van der Waals surface area contributed by atoms with Crippen LogP contribution in [0.2, 0.25) is 0 Å². The molecular weight excluding hydrogens is 254 g/mol. The third-order valence-electron chi connectivity index (χ3n) is 2.55. The molecule has 2 nitrogen and oxygen atoms in total. The lowest BCUT2D eigenvalue weighted by atomic mass is 10.1. The number of carbonyl (C=O) groups excluding carboxylic acids is 1. The van der Waals surface area contributed by atoms with Gasteiger partial charge in [-0.15, -0.1) is 23.4 Å². The number of hydrogen-bond acceptors (Lipinski definition) is 2. The maximum absolute atomic E-state index is 11.1. The summed E-state index contributed by atoms with van der Waals surface area (Å²) in [7, 11) is 0. The van der Waals surface area contributed by atoms with Crippen LogP contribution in [0.15, 0.2) is 29.2 Å². The Kier molecular flexibility index (Phi) is 6.45. The summed E-state index contributed by atoms with van der Waals surface area (Å²) in [5, 5.41) is 2.85. The molecule has 0 aliphatic heterocycles. The molecule has 1 amide bonds. The lowest BCUT2D eigenvalue weighted by Crippen LogP contribution is -2.33. The molecule has 0 saturated heterocycles. The van der Waals surface area contributed by atoms with Crippen molar-refractivity contribution in [2.75, 3.05) is 12.1 Å². The molecule has 0 aromatic heterocycles. The zero-order valence-electron chi connectivity index (χ0n) is 10.2. The van der Waals surface area contributed by atoms with E-state index in [0.29, 0.717) is 0 Å². The maximum atomic E-state index is 11.1. The third-order valence-corrected chi connectivity index (χ3v) is 3.54. The summed E-state index contributed by atoms with van der Waals surface area (Å²) >= 11 is 7.17. The highest BCUT2D eigenvalue weighted by Gasteiger charge is 2.06. The van der Waals surface area contributed by atoms with Crippen LogP contribution in [0.3, 0.4) is 0 Å². The molecule has 1 aromatic carbocycles. The van der Waals surface area contributed by atoms with E-state index in [1.165, 1.54) is 10.5 Å². The quantitative estimate of drug-likeness (QED) is 0.636. The predicted molar refractivity (Wildman–Crippen MR) is 74.9 cm³/mol. The molecule has 94 valence electrons. The normalized spacial score (nSPS) is 12.2. The fourth-order valence-corrected chi connectivity index (χ4v) is 2.05. The molecule has 1 unspecified atom stereocenters. The molecule has 0 radical (unpaired) electrons. The number of rotatable bonds is 6. The van der Waals surface area contributed by atoms with Gasteiger partial charge in [-0.2, -0.15) is 0 Å². The van der Waals surface area contributed by atoms with Gasteiger partial charge in [0, 0.05) is 10.9 Å². The van der Waals surface area contributed by atoms with Crippen LogP contribution in [-0.2, 0) is 11.2 Å². The second-order valence-electron chi connectivity index (χ2n) is 3.99. The molecule has 4 heteroatoms. The number of benzene rings is 1. The number of amides is 1. The number of alkyl halides is 1. The standard InChI is InChI=1S/C13H18ClNOS/c1-10(15-13(16)9-14)3-4-11-5-7-12(17-2)8-6-11/h5-8,10H,3-4,9H2,1-2H3,(H,15,16). The van der Waals surface area contributed by atoms with Gasteiger partial charge in [-0.3, -0.25) is 4.79 Å². The summed E-state index contributed by atoms with van der Waals surface area (Å²) in [4.78, 5) is 12.3. The van der Waals surface area contributed by atoms with Crippen LogP contribution in [0.1, 0.15) is 18.9 Å². The zero-order chi connectivity index (χ0) is 12.7. The molecule has 1 aromatic rings. The Morgan fingerprint density at radius 3 is 2.59 bits per heavy atom. The second kappa shape index (κ2) is 7.62. The van der Waals surface area contributed by atoms with Gasteiger partial charge in [-0.05, 0) is 43.7 Å². The smallest absolute Gasteiger partial charge is 0.235 e. The van der Waals surface area contributed by atoms with E-state index in [2.05, 4.69) is 35.8 Å². The van der Waals surface area contributed by atoms with E-state index in [-0.39, 0.29) is 17.8 Å². The first-order valence-electron chi connectivity index (χ1n) is 5.64. The lowest BCUT2D eigenvalue weighted by molar-refractivity contribution is -0.119. The van der Waals surface area contributed by atoms with Gasteiger partial charge in [0.05, 0.1) is 0 Å². The van der Waals surface area contributed by atoms with Crippen molar-refractivity contribution < 1.29 is 4.79 Å². The van der Waals surface area contributed by atoms with Gasteiger partial charge >= 0.3 is 0 Å². The van der Waals surface area contributed by atoms with Crippen LogP contribution in [0.5, 0.6) is 0 Å². The number of aryl methyl sites for hydroxylation is 1. The summed E-state index contributed by atoms with van der Waals surface area (Å²) in [6.07, 6.45) is 3.97. The zero-order valence-corrected chi connectivity index (χ0v) is 11.8. The highest BCUT2D eigenvalue weighted by molar-refractivity contribution is 7.98. The van der Waals surface area contributed by atoms with Crippen molar-refractivity contribution in [1.29, 1.82) is 0 Å². The summed E-state index contributed by atoms with van der Waals surface area (Å²) < 4.78 is 0. The Balaban J connectivity index is 2.36. The van der Waals surface area contributed by atoms with Gasteiger partial charge in [-0.1, -0.05) is 12.1 Å². The molecule has 0 heterocycles. The monoisotopic (exact) mass is 271 g/mol.